The molecule has 3 nitrogen and oxygen atoms in total. The van der Waals surface area contributed by atoms with Gasteiger partial charge in [-0.3, -0.25) is 0 Å². The molecule has 2 unspecified atom stereocenters. The molecule has 1 aliphatic rings. The number of imidazole rings is 1. The Morgan fingerprint density at radius 3 is 3.05 bits per heavy atom. The van der Waals surface area contributed by atoms with Crippen LogP contribution in [0.5, 0.6) is 0 Å². The van der Waals surface area contributed by atoms with Crippen molar-refractivity contribution >= 4 is 34.2 Å². The highest BCUT2D eigenvalue weighted by atomic mass is 35.5. The summed E-state index contributed by atoms with van der Waals surface area (Å²) in [5.74, 6) is 1.79. The van der Waals surface area contributed by atoms with Crippen LogP contribution in [-0.4, -0.2) is 22.8 Å². The molecule has 1 aliphatic heterocycles. The summed E-state index contributed by atoms with van der Waals surface area (Å²) in [6.07, 6.45) is 0.999. The molecule has 1 fully saturated rings. The standard InChI is InChI=1S/C14H16Cl2N2O/c1-9-8-19-5-4-12(9)18-13-3-2-10(16)6-11(13)17-14(18)7-15/h2-3,6,9,12H,4-5,7-8H2,1H3. The average Bonchev–Trinajstić information content (AvgIpc) is 2.76. The Kier molecular flexibility index (Phi) is 3.70. The first kappa shape index (κ1) is 13.2. The Labute approximate surface area is 122 Å². The zero-order chi connectivity index (χ0) is 13.4. The van der Waals surface area contributed by atoms with Crippen molar-refractivity contribution < 1.29 is 4.74 Å². The maximum absolute atomic E-state index is 6.06. The number of alkyl halides is 1. The van der Waals surface area contributed by atoms with Gasteiger partial charge in [0.15, 0.2) is 0 Å². The lowest BCUT2D eigenvalue weighted by molar-refractivity contribution is 0.0292. The summed E-state index contributed by atoms with van der Waals surface area (Å²) in [6, 6.07) is 6.23. The van der Waals surface area contributed by atoms with Crippen LogP contribution in [0.25, 0.3) is 11.0 Å². The molecule has 0 saturated carbocycles. The zero-order valence-electron chi connectivity index (χ0n) is 10.8. The molecule has 0 radical (unpaired) electrons. The second-order valence-electron chi connectivity index (χ2n) is 5.07. The molecule has 0 spiro atoms. The summed E-state index contributed by atoms with van der Waals surface area (Å²) in [4.78, 5) is 4.61. The Hall–Kier alpha value is -0.770. The van der Waals surface area contributed by atoms with Gasteiger partial charge in [0.25, 0.3) is 0 Å². The SMILES string of the molecule is CC1COCCC1n1c(CCl)nc2cc(Cl)ccc21. The van der Waals surface area contributed by atoms with E-state index in [1.54, 1.807) is 0 Å². The van der Waals surface area contributed by atoms with Gasteiger partial charge < -0.3 is 9.30 Å². The van der Waals surface area contributed by atoms with Crippen molar-refractivity contribution in [3.05, 3.63) is 29.0 Å². The number of fused-ring (bicyclic) bond motifs is 1. The minimum absolute atomic E-state index is 0.397. The van der Waals surface area contributed by atoms with Crippen molar-refractivity contribution in [3.63, 3.8) is 0 Å². The lowest BCUT2D eigenvalue weighted by atomic mass is 9.97. The summed E-state index contributed by atoms with van der Waals surface area (Å²) >= 11 is 12.1. The number of nitrogens with zero attached hydrogens (tertiary/aromatic N) is 2. The molecule has 2 heterocycles. The Morgan fingerprint density at radius 1 is 1.47 bits per heavy atom. The van der Waals surface area contributed by atoms with Gasteiger partial charge in [-0.05, 0) is 24.6 Å². The predicted molar refractivity (Wildman–Crippen MR) is 77.9 cm³/mol. The van der Waals surface area contributed by atoms with E-state index in [9.17, 15) is 0 Å². The summed E-state index contributed by atoms with van der Waals surface area (Å²) in [6.45, 7) is 3.80. The fourth-order valence-electron chi connectivity index (χ4n) is 2.84. The molecule has 0 N–H and O–H groups in total. The molecule has 102 valence electrons. The third-order valence-electron chi connectivity index (χ3n) is 3.77. The lowest BCUT2D eigenvalue weighted by Crippen LogP contribution is -2.28. The van der Waals surface area contributed by atoms with E-state index in [0.29, 0.717) is 22.9 Å². The van der Waals surface area contributed by atoms with Crippen LogP contribution in [0.2, 0.25) is 5.02 Å². The fourth-order valence-corrected chi connectivity index (χ4v) is 3.19. The molecule has 1 aromatic carbocycles. The predicted octanol–water partition coefficient (Wildman–Crippen LogP) is 4.03. The van der Waals surface area contributed by atoms with Crippen LogP contribution in [0.3, 0.4) is 0 Å². The third kappa shape index (κ3) is 2.35. The average molecular weight is 299 g/mol. The fraction of sp³-hybridized carbons (Fsp3) is 0.500. The van der Waals surface area contributed by atoms with Gasteiger partial charge in [0.1, 0.15) is 5.82 Å². The number of benzene rings is 1. The minimum atomic E-state index is 0.397. The van der Waals surface area contributed by atoms with E-state index in [1.807, 2.05) is 18.2 Å². The number of hydrogen-bond donors (Lipinski definition) is 0. The van der Waals surface area contributed by atoms with Crippen LogP contribution >= 0.6 is 23.2 Å². The summed E-state index contributed by atoms with van der Waals surface area (Å²) < 4.78 is 7.80. The van der Waals surface area contributed by atoms with Crippen LogP contribution < -0.4 is 0 Å². The number of ether oxygens (including phenoxy) is 1. The topological polar surface area (TPSA) is 27.1 Å². The number of aromatic nitrogens is 2. The van der Waals surface area contributed by atoms with E-state index in [1.165, 1.54) is 0 Å². The van der Waals surface area contributed by atoms with Crippen LogP contribution in [0.1, 0.15) is 25.2 Å². The maximum Gasteiger partial charge on any atom is 0.125 e. The molecule has 1 aromatic heterocycles. The number of halogens is 2. The number of hydrogen-bond acceptors (Lipinski definition) is 2. The van der Waals surface area contributed by atoms with Crippen LogP contribution in [0, 0.1) is 5.92 Å². The largest absolute Gasteiger partial charge is 0.381 e. The van der Waals surface area contributed by atoms with Gasteiger partial charge in [-0.1, -0.05) is 18.5 Å². The molecule has 0 amide bonds. The van der Waals surface area contributed by atoms with E-state index in [2.05, 4.69) is 16.5 Å². The molecular weight excluding hydrogens is 283 g/mol. The monoisotopic (exact) mass is 298 g/mol. The highest BCUT2D eigenvalue weighted by Crippen LogP contribution is 2.32. The Morgan fingerprint density at radius 2 is 2.32 bits per heavy atom. The molecule has 1 saturated heterocycles. The van der Waals surface area contributed by atoms with Crippen LogP contribution in [0.15, 0.2) is 18.2 Å². The zero-order valence-corrected chi connectivity index (χ0v) is 12.3. The van der Waals surface area contributed by atoms with Gasteiger partial charge in [0.2, 0.25) is 0 Å². The second-order valence-corrected chi connectivity index (χ2v) is 5.78. The van der Waals surface area contributed by atoms with Crippen molar-refractivity contribution in [1.29, 1.82) is 0 Å². The van der Waals surface area contributed by atoms with E-state index in [0.717, 1.165) is 36.5 Å². The van der Waals surface area contributed by atoms with Gasteiger partial charge in [-0.15, -0.1) is 11.6 Å². The molecular formula is C14H16Cl2N2O. The first-order valence-electron chi connectivity index (χ1n) is 6.50. The molecule has 2 aromatic rings. The molecule has 19 heavy (non-hydrogen) atoms. The molecule has 0 bridgehead atoms. The van der Waals surface area contributed by atoms with Crippen LogP contribution in [-0.2, 0) is 10.6 Å². The smallest absolute Gasteiger partial charge is 0.125 e. The van der Waals surface area contributed by atoms with Gasteiger partial charge in [0.05, 0.1) is 23.5 Å². The molecule has 2 atom stereocenters. The maximum atomic E-state index is 6.06. The van der Waals surface area contributed by atoms with E-state index < -0.39 is 0 Å². The molecule has 3 rings (SSSR count). The molecule has 5 heteroatoms. The first-order valence-corrected chi connectivity index (χ1v) is 7.42. The quantitative estimate of drug-likeness (QED) is 0.783. The van der Waals surface area contributed by atoms with Gasteiger partial charge in [0, 0.05) is 23.6 Å². The summed E-state index contributed by atoms with van der Waals surface area (Å²) in [5, 5.41) is 0.707. The van der Waals surface area contributed by atoms with Crippen LogP contribution in [0.4, 0.5) is 0 Å². The molecule has 0 aliphatic carbocycles. The third-order valence-corrected chi connectivity index (χ3v) is 4.25. The second kappa shape index (κ2) is 5.31. The first-order chi connectivity index (χ1) is 9.20. The van der Waals surface area contributed by atoms with E-state index in [-0.39, 0.29) is 0 Å². The summed E-state index contributed by atoms with van der Waals surface area (Å²) in [7, 11) is 0. The van der Waals surface area contributed by atoms with E-state index in [4.69, 9.17) is 27.9 Å². The normalized spacial score (nSPS) is 23.9. The van der Waals surface area contributed by atoms with Gasteiger partial charge >= 0.3 is 0 Å². The minimum Gasteiger partial charge on any atom is -0.381 e. The highest BCUT2D eigenvalue weighted by molar-refractivity contribution is 6.31. The lowest BCUT2D eigenvalue weighted by Gasteiger charge is -2.31. The van der Waals surface area contributed by atoms with Crippen molar-refractivity contribution in [3.8, 4) is 0 Å². The Bertz CT molecular complexity index is 596. The van der Waals surface area contributed by atoms with Crippen molar-refractivity contribution in [1.82, 2.24) is 9.55 Å². The highest BCUT2D eigenvalue weighted by Gasteiger charge is 2.27. The number of rotatable bonds is 2. The van der Waals surface area contributed by atoms with Crippen molar-refractivity contribution in [2.75, 3.05) is 13.2 Å². The van der Waals surface area contributed by atoms with E-state index >= 15 is 0 Å². The van der Waals surface area contributed by atoms with Gasteiger partial charge in [-0.2, -0.15) is 0 Å². The van der Waals surface area contributed by atoms with Crippen molar-refractivity contribution in [2.24, 2.45) is 5.92 Å². The van der Waals surface area contributed by atoms with Gasteiger partial charge in [-0.25, -0.2) is 4.98 Å². The van der Waals surface area contributed by atoms with Crippen molar-refractivity contribution in [2.45, 2.75) is 25.3 Å². The Balaban J connectivity index is 2.14. The summed E-state index contributed by atoms with van der Waals surface area (Å²) in [5.41, 5.74) is 2.03.